The van der Waals surface area contributed by atoms with Crippen LogP contribution in [0.4, 0.5) is 0 Å². The van der Waals surface area contributed by atoms with Crippen LogP contribution in [0, 0.1) is 10.7 Å². The summed E-state index contributed by atoms with van der Waals surface area (Å²) < 4.78 is 1.95. The Balaban J connectivity index is 3.68. The molecule has 27 heavy (non-hydrogen) atoms. The molecule has 0 spiro atoms. The van der Waals surface area contributed by atoms with Crippen molar-refractivity contribution < 1.29 is 0 Å². The lowest BCUT2D eigenvalue weighted by Gasteiger charge is -2.48. The first-order chi connectivity index (χ1) is 12.0. The molecule has 0 fully saturated rings. The van der Waals surface area contributed by atoms with E-state index in [9.17, 15) is 0 Å². The highest BCUT2D eigenvalue weighted by molar-refractivity contribution is 7.18. The lowest BCUT2D eigenvalue weighted by atomic mass is 10.2. The second-order valence-corrected chi connectivity index (χ2v) is 40.5. The third-order valence-corrected chi connectivity index (χ3v) is 41.7. The van der Waals surface area contributed by atoms with Gasteiger partial charge >= 0.3 is 14.1 Å². The molecule has 1 rings (SSSR count). The molecule has 0 unspecified atom stereocenters. The molecule has 0 aliphatic rings. The van der Waals surface area contributed by atoms with Crippen LogP contribution in [0.1, 0.15) is 5.56 Å². The zero-order valence-electron chi connectivity index (χ0n) is 20.1. The Morgan fingerprint density at radius 1 is 0.593 bits per heavy atom. The van der Waals surface area contributed by atoms with E-state index in [1.165, 1.54) is 5.56 Å². The van der Waals surface area contributed by atoms with E-state index in [0.29, 0.717) is 0 Å². The highest BCUT2D eigenvalue weighted by Gasteiger charge is 2.55. The molecule has 0 saturated carbocycles. The molecule has 0 radical (unpaired) electrons. The van der Waals surface area contributed by atoms with E-state index >= 15 is 0 Å². The average molecular weight is 447 g/mol. The number of hydrogen-bond donors (Lipinski definition) is 0. The van der Waals surface area contributed by atoms with Crippen molar-refractivity contribution >= 4 is 46.4 Å². The maximum Gasteiger partial charge on any atom is 0.372 e. The van der Waals surface area contributed by atoms with Gasteiger partial charge in [0.25, 0.3) is 0 Å². The number of rotatable bonds is 6. The van der Waals surface area contributed by atoms with Crippen LogP contribution in [0.25, 0.3) is 0 Å². The van der Waals surface area contributed by atoms with Crippen molar-refractivity contribution in [2.24, 2.45) is 0 Å². The van der Waals surface area contributed by atoms with Gasteiger partial charge in [-0.2, -0.15) is 0 Å². The standard InChI is InChI=1S/C8H5.2C7H19Si2.Al/c1-2-8-6-4-3-5-7-8;2*1-8(2,3)7-9(4,5)6;/h3-7H;2*7H,1-6H3;. The second-order valence-electron chi connectivity index (χ2n) is 12.6. The summed E-state index contributed by atoms with van der Waals surface area (Å²) in [7, 11) is -5.11. The predicted octanol–water partition coefficient (Wildman–Crippen LogP) is 7.32. The predicted molar refractivity (Wildman–Crippen MR) is 140 cm³/mol. The summed E-state index contributed by atoms with van der Waals surface area (Å²) in [5, 5.41) is 0. The van der Waals surface area contributed by atoms with Crippen molar-refractivity contribution in [3.05, 3.63) is 35.9 Å². The van der Waals surface area contributed by atoms with Crippen molar-refractivity contribution in [1.29, 1.82) is 0 Å². The van der Waals surface area contributed by atoms with Crippen LogP contribution in [0.5, 0.6) is 0 Å². The van der Waals surface area contributed by atoms with Crippen molar-refractivity contribution in [3.63, 3.8) is 0 Å². The Morgan fingerprint density at radius 2 is 0.926 bits per heavy atom. The first-order valence-corrected chi connectivity index (χ1v) is 26.7. The minimum absolute atomic E-state index is 0.977. The first-order valence-electron chi connectivity index (χ1n) is 10.5. The summed E-state index contributed by atoms with van der Waals surface area (Å²) in [5.41, 5.74) is 1.21. The smallest absolute Gasteiger partial charge is 0.200 e. The van der Waals surface area contributed by atoms with Crippen LogP contribution in [0.3, 0.4) is 0 Å². The first kappa shape index (κ1) is 25.2. The molecule has 0 heterocycles. The fourth-order valence-corrected chi connectivity index (χ4v) is 50.5. The number of benzene rings is 1. The van der Waals surface area contributed by atoms with Gasteiger partial charge in [-0.3, -0.25) is 0 Å². The van der Waals surface area contributed by atoms with Gasteiger partial charge in [0.15, 0.2) is 0 Å². The van der Waals surface area contributed by atoms with Gasteiger partial charge in [-0.25, -0.2) is 4.78 Å². The molecule has 5 heteroatoms. The maximum atomic E-state index is 4.09. The molecule has 150 valence electrons. The Hall–Kier alpha value is 0.180. The van der Waals surface area contributed by atoms with Crippen LogP contribution < -0.4 is 0 Å². The van der Waals surface area contributed by atoms with E-state index in [2.05, 4.69) is 120 Å². The molecular weight excluding hydrogens is 404 g/mol. The minimum Gasteiger partial charge on any atom is -0.200 e. The zero-order chi connectivity index (χ0) is 21.3. The van der Waals surface area contributed by atoms with Crippen molar-refractivity contribution in [1.82, 2.24) is 0 Å². The van der Waals surface area contributed by atoms with E-state index in [0.717, 1.165) is 8.05 Å². The summed E-state index contributed by atoms with van der Waals surface area (Å²) in [6, 6.07) is 10.7. The van der Waals surface area contributed by atoms with E-state index in [-0.39, 0.29) is 0 Å². The minimum atomic E-state index is -1.28. The third-order valence-electron chi connectivity index (χ3n) is 5.61. The Labute approximate surface area is 179 Å². The highest BCUT2D eigenvalue weighted by atomic mass is 28.4. The molecule has 0 aliphatic carbocycles. The SMILES string of the molecule is C[Si](C)(C)[CH]([Al]([C]#Cc1ccccc1)[CH]([Si](C)(C)C)[Si](C)(C)C)[Si](C)(C)C. The fourth-order valence-electron chi connectivity index (χ4n) is 5.80. The lowest BCUT2D eigenvalue weighted by Crippen LogP contribution is -2.60. The van der Waals surface area contributed by atoms with Crippen molar-refractivity contribution in [2.45, 2.75) is 86.6 Å². The summed E-state index contributed by atoms with van der Waals surface area (Å²) in [4.78, 5) is 4.09. The van der Waals surface area contributed by atoms with Crippen LogP contribution in [-0.4, -0.2) is 46.4 Å². The molecule has 1 aromatic rings. The maximum absolute atomic E-state index is 4.09. The summed E-state index contributed by atoms with van der Waals surface area (Å²) in [6.07, 6.45) is 0. The molecule has 0 aliphatic heterocycles. The normalized spacial score (nSPS) is 13.6. The van der Waals surface area contributed by atoms with Crippen LogP contribution in [-0.2, 0) is 0 Å². The van der Waals surface area contributed by atoms with Gasteiger partial charge < -0.3 is 0 Å². The van der Waals surface area contributed by atoms with E-state index in [1.807, 2.05) is 0 Å². The molecule has 0 saturated heterocycles. The molecule has 0 aromatic heterocycles. The zero-order valence-corrected chi connectivity index (χ0v) is 25.3. The molecule has 0 bridgehead atoms. The van der Waals surface area contributed by atoms with Gasteiger partial charge in [0.2, 0.25) is 0 Å². The average Bonchev–Trinajstić information content (AvgIpc) is 2.39. The lowest BCUT2D eigenvalue weighted by molar-refractivity contribution is 1.32. The Morgan fingerprint density at radius 3 is 1.22 bits per heavy atom. The van der Waals surface area contributed by atoms with E-state index in [4.69, 9.17) is 0 Å². The van der Waals surface area contributed by atoms with Gasteiger partial charge in [0.1, 0.15) is 0 Å². The summed E-state index contributed by atoms with van der Waals surface area (Å²) >= 11 is -1.25. The van der Waals surface area contributed by atoms with E-state index < -0.39 is 46.4 Å². The summed E-state index contributed by atoms with van der Waals surface area (Å²) in [5.74, 6) is 3.69. The van der Waals surface area contributed by atoms with Gasteiger partial charge in [-0.1, -0.05) is 111 Å². The van der Waals surface area contributed by atoms with Gasteiger partial charge in [-0.15, -0.1) is 0 Å². The van der Waals surface area contributed by atoms with Crippen LogP contribution in [0.2, 0.25) is 86.6 Å². The molecule has 0 N–H and O–H groups in total. The Kier molecular flexibility index (Phi) is 8.31. The fraction of sp³-hybridized carbons (Fsp3) is 0.636. The largest absolute Gasteiger partial charge is 0.372 e. The van der Waals surface area contributed by atoms with Gasteiger partial charge in [0, 0.05) is 37.9 Å². The topological polar surface area (TPSA) is 0 Å². The molecular formula is C22H43AlSi4. The van der Waals surface area contributed by atoms with Gasteiger partial charge in [0.05, 0.1) is 0 Å². The van der Waals surface area contributed by atoms with Crippen LogP contribution in [0.15, 0.2) is 30.3 Å². The highest BCUT2D eigenvalue weighted by Crippen LogP contribution is 2.44. The van der Waals surface area contributed by atoms with Crippen LogP contribution >= 0.6 is 0 Å². The summed E-state index contributed by atoms with van der Waals surface area (Å²) in [6.45, 7) is 31.6. The van der Waals surface area contributed by atoms with Crippen molar-refractivity contribution in [2.75, 3.05) is 0 Å². The monoisotopic (exact) mass is 446 g/mol. The van der Waals surface area contributed by atoms with Crippen molar-refractivity contribution in [3.8, 4) is 10.7 Å². The third kappa shape index (κ3) is 7.50. The van der Waals surface area contributed by atoms with Gasteiger partial charge in [-0.05, 0) is 12.1 Å². The molecule has 0 nitrogen and oxygen atoms in total. The molecule has 1 aromatic carbocycles. The second kappa shape index (κ2) is 8.90. The van der Waals surface area contributed by atoms with E-state index in [1.54, 1.807) is 0 Å². The molecule has 0 atom stereocenters. The quantitative estimate of drug-likeness (QED) is 0.317. The Bertz CT molecular complexity index is 601. The number of hydrogen-bond acceptors (Lipinski definition) is 0. The molecule has 0 amide bonds.